The molecular formula is C19H25Br2N5O3-2. The molecule has 1 aromatic carbocycles. The summed E-state index contributed by atoms with van der Waals surface area (Å²) in [6, 6.07) is 10.2. The molecule has 0 bridgehead atoms. The van der Waals surface area contributed by atoms with Crippen molar-refractivity contribution in [1.29, 1.82) is 0 Å². The van der Waals surface area contributed by atoms with Gasteiger partial charge in [-0.2, -0.15) is 15.1 Å². The third-order valence-corrected chi connectivity index (χ3v) is 4.00. The van der Waals surface area contributed by atoms with Gasteiger partial charge in [0.1, 0.15) is 5.82 Å². The largest absolute Gasteiger partial charge is 1.00 e. The smallest absolute Gasteiger partial charge is 0.320 e. The number of aliphatic hydroxyl groups excluding tert-OH is 1. The highest BCUT2D eigenvalue weighted by molar-refractivity contribution is 5.80. The minimum atomic E-state index is 0. The fourth-order valence-electron chi connectivity index (χ4n) is 2.64. The summed E-state index contributed by atoms with van der Waals surface area (Å²) in [6.07, 6.45) is 2.27. The van der Waals surface area contributed by atoms with E-state index in [1.54, 1.807) is 6.21 Å². The van der Waals surface area contributed by atoms with Gasteiger partial charge in [-0.15, -0.1) is 0 Å². The standard InChI is InChI=1S/C19H25N5O3.2BrH/c1-15-4-2-5-16(12-15)14-20-23-17-13-18(24-6-10-26-11-7-24)22-19(21-17)27-9-3-8-25;;/h2,4-5,12-14,25H,3,6-11H2,1H3,(H,21,22,23);2*1H/p-2/b20-14+;;. The van der Waals surface area contributed by atoms with Crippen LogP contribution in [0.3, 0.4) is 0 Å². The first-order chi connectivity index (χ1) is 13.2. The van der Waals surface area contributed by atoms with E-state index in [1.807, 2.05) is 37.3 Å². The number of hydrogen-bond acceptors (Lipinski definition) is 8. The molecule has 0 aliphatic carbocycles. The van der Waals surface area contributed by atoms with E-state index in [2.05, 4.69) is 25.4 Å². The zero-order chi connectivity index (χ0) is 18.9. The number of anilines is 2. The first-order valence-corrected chi connectivity index (χ1v) is 9.06. The van der Waals surface area contributed by atoms with Gasteiger partial charge < -0.3 is 53.4 Å². The Labute approximate surface area is 191 Å². The molecule has 160 valence electrons. The molecule has 1 aromatic heterocycles. The number of morpholine rings is 1. The lowest BCUT2D eigenvalue weighted by atomic mass is 10.2. The third-order valence-electron chi connectivity index (χ3n) is 4.00. The molecule has 1 aliphatic rings. The van der Waals surface area contributed by atoms with E-state index in [4.69, 9.17) is 14.6 Å². The SMILES string of the molecule is Cc1cccc(/C=N/Nc2cc(N3CCOCC3)nc(OCCCO)n2)c1.[Br-].[Br-]. The van der Waals surface area contributed by atoms with Crippen LogP contribution in [-0.2, 0) is 4.74 Å². The normalized spacial score (nSPS) is 13.5. The molecule has 2 aromatic rings. The lowest BCUT2D eigenvalue weighted by Crippen LogP contribution is -3.00. The number of nitrogens with one attached hydrogen (secondary N) is 1. The molecule has 0 unspecified atom stereocenters. The number of ether oxygens (including phenoxy) is 2. The number of hydrogen-bond donors (Lipinski definition) is 2. The van der Waals surface area contributed by atoms with Crippen molar-refractivity contribution in [2.24, 2.45) is 5.10 Å². The maximum absolute atomic E-state index is 8.93. The van der Waals surface area contributed by atoms with Crippen LogP contribution in [0.4, 0.5) is 11.6 Å². The van der Waals surface area contributed by atoms with Gasteiger partial charge in [-0.05, 0) is 12.5 Å². The summed E-state index contributed by atoms with van der Waals surface area (Å²) in [6.45, 7) is 5.32. The fraction of sp³-hybridized carbons (Fsp3) is 0.421. The van der Waals surface area contributed by atoms with Crippen molar-refractivity contribution in [1.82, 2.24) is 9.97 Å². The molecule has 8 nitrogen and oxygen atoms in total. The molecule has 2 N–H and O–H groups in total. The summed E-state index contributed by atoms with van der Waals surface area (Å²) in [4.78, 5) is 10.9. The van der Waals surface area contributed by atoms with Crippen molar-refractivity contribution in [3.63, 3.8) is 0 Å². The van der Waals surface area contributed by atoms with E-state index in [1.165, 1.54) is 5.56 Å². The molecule has 0 radical (unpaired) electrons. The third kappa shape index (κ3) is 8.25. The minimum absolute atomic E-state index is 0. The van der Waals surface area contributed by atoms with Crippen LogP contribution in [-0.4, -0.2) is 60.8 Å². The van der Waals surface area contributed by atoms with Gasteiger partial charge in [-0.3, -0.25) is 5.43 Å². The van der Waals surface area contributed by atoms with Gasteiger partial charge in [0.15, 0.2) is 5.82 Å². The number of aromatic nitrogens is 2. The number of aliphatic hydroxyl groups is 1. The van der Waals surface area contributed by atoms with Crippen LogP contribution < -0.4 is 49.0 Å². The summed E-state index contributed by atoms with van der Waals surface area (Å²) >= 11 is 0. The van der Waals surface area contributed by atoms with Crippen LogP contribution in [0.15, 0.2) is 35.4 Å². The summed E-state index contributed by atoms with van der Waals surface area (Å²) in [5, 5.41) is 13.2. The summed E-state index contributed by atoms with van der Waals surface area (Å²) in [5.41, 5.74) is 5.13. The van der Waals surface area contributed by atoms with Crippen LogP contribution in [0.2, 0.25) is 0 Å². The number of aryl methyl sites for hydroxylation is 1. The molecule has 1 saturated heterocycles. The number of benzene rings is 1. The molecule has 0 amide bonds. The molecule has 1 fully saturated rings. The second kappa shape index (κ2) is 13.5. The van der Waals surface area contributed by atoms with Gasteiger partial charge >= 0.3 is 6.01 Å². The van der Waals surface area contributed by atoms with Crippen molar-refractivity contribution >= 4 is 17.9 Å². The molecule has 29 heavy (non-hydrogen) atoms. The predicted molar refractivity (Wildman–Crippen MR) is 105 cm³/mol. The highest BCUT2D eigenvalue weighted by Crippen LogP contribution is 2.20. The monoisotopic (exact) mass is 529 g/mol. The van der Waals surface area contributed by atoms with E-state index in [0.29, 0.717) is 32.1 Å². The Morgan fingerprint density at radius 3 is 2.76 bits per heavy atom. The van der Waals surface area contributed by atoms with Crippen LogP contribution in [0, 0.1) is 6.92 Å². The first-order valence-electron chi connectivity index (χ1n) is 9.06. The highest BCUT2D eigenvalue weighted by atomic mass is 79.9. The Kier molecular flexibility index (Phi) is 11.7. The Morgan fingerprint density at radius 1 is 1.24 bits per heavy atom. The number of nitrogens with zero attached hydrogens (tertiary/aromatic N) is 4. The summed E-state index contributed by atoms with van der Waals surface area (Å²) in [5.74, 6) is 1.31. The fourth-order valence-corrected chi connectivity index (χ4v) is 2.64. The van der Waals surface area contributed by atoms with Crippen molar-refractivity contribution < 1.29 is 48.5 Å². The second-order valence-electron chi connectivity index (χ2n) is 6.20. The quantitative estimate of drug-likeness (QED) is 0.203. The van der Waals surface area contributed by atoms with Gasteiger partial charge in [-0.1, -0.05) is 29.8 Å². The predicted octanol–water partition coefficient (Wildman–Crippen LogP) is -4.16. The number of hydrazone groups is 1. The Balaban J connectivity index is 0.00000210. The molecule has 0 saturated carbocycles. The van der Waals surface area contributed by atoms with Crippen molar-refractivity contribution in [3.05, 3.63) is 41.5 Å². The lowest BCUT2D eigenvalue weighted by Gasteiger charge is -2.28. The summed E-state index contributed by atoms with van der Waals surface area (Å²) in [7, 11) is 0. The Morgan fingerprint density at radius 2 is 2.03 bits per heavy atom. The lowest BCUT2D eigenvalue weighted by molar-refractivity contribution is -0.00100. The Hall–Kier alpha value is -1.75. The second-order valence-corrected chi connectivity index (χ2v) is 6.20. The molecule has 10 heteroatoms. The van der Waals surface area contributed by atoms with E-state index < -0.39 is 0 Å². The molecule has 2 heterocycles. The van der Waals surface area contributed by atoms with Crippen LogP contribution in [0.5, 0.6) is 6.01 Å². The number of rotatable bonds is 8. The molecule has 1 aliphatic heterocycles. The highest BCUT2D eigenvalue weighted by Gasteiger charge is 2.15. The Bertz CT molecular complexity index is 773. The molecule has 0 atom stereocenters. The van der Waals surface area contributed by atoms with E-state index in [9.17, 15) is 0 Å². The minimum Gasteiger partial charge on any atom is -1.00 e. The van der Waals surface area contributed by atoms with Crippen LogP contribution in [0.25, 0.3) is 0 Å². The van der Waals surface area contributed by atoms with Gasteiger partial charge in [0.25, 0.3) is 0 Å². The van der Waals surface area contributed by atoms with Gasteiger partial charge in [-0.25, -0.2) is 0 Å². The maximum atomic E-state index is 8.93. The zero-order valence-electron chi connectivity index (χ0n) is 16.2. The topological polar surface area (TPSA) is 92.1 Å². The van der Waals surface area contributed by atoms with Crippen LogP contribution in [0.1, 0.15) is 17.5 Å². The van der Waals surface area contributed by atoms with E-state index in [0.717, 1.165) is 24.5 Å². The maximum Gasteiger partial charge on any atom is 0.320 e. The van der Waals surface area contributed by atoms with Crippen molar-refractivity contribution in [2.75, 3.05) is 49.8 Å². The first kappa shape index (κ1) is 25.3. The van der Waals surface area contributed by atoms with Crippen molar-refractivity contribution in [2.45, 2.75) is 13.3 Å². The molecule has 0 spiro atoms. The van der Waals surface area contributed by atoms with Gasteiger partial charge in [0, 0.05) is 32.2 Å². The van der Waals surface area contributed by atoms with Gasteiger partial charge in [0.05, 0.1) is 26.0 Å². The average Bonchev–Trinajstić information content (AvgIpc) is 2.69. The zero-order valence-corrected chi connectivity index (χ0v) is 19.4. The summed E-state index contributed by atoms with van der Waals surface area (Å²) < 4.78 is 11.0. The number of halogens is 2. The van der Waals surface area contributed by atoms with E-state index in [-0.39, 0.29) is 46.6 Å². The molecule has 3 rings (SSSR count). The molecular weight excluding hydrogens is 506 g/mol. The van der Waals surface area contributed by atoms with Crippen molar-refractivity contribution in [3.8, 4) is 6.01 Å². The van der Waals surface area contributed by atoms with Gasteiger partial charge in [0.2, 0.25) is 0 Å². The average molecular weight is 531 g/mol. The van der Waals surface area contributed by atoms with Crippen LogP contribution >= 0.6 is 0 Å². The van der Waals surface area contributed by atoms with E-state index >= 15 is 0 Å².